The van der Waals surface area contributed by atoms with Crippen LogP contribution in [0.1, 0.15) is 24.6 Å². The number of halogens is 1. The summed E-state index contributed by atoms with van der Waals surface area (Å²) in [4.78, 5) is 12.0. The van der Waals surface area contributed by atoms with Crippen LogP contribution in [-0.4, -0.2) is 11.1 Å². The van der Waals surface area contributed by atoms with Crippen molar-refractivity contribution in [1.29, 1.82) is 0 Å². The molecule has 1 N–H and O–H groups in total. The van der Waals surface area contributed by atoms with Crippen LogP contribution >= 0.6 is 11.6 Å². The number of nitrogens with one attached hydrogen (secondary N) is 1. The van der Waals surface area contributed by atoms with Crippen molar-refractivity contribution >= 4 is 11.6 Å². The van der Waals surface area contributed by atoms with Gasteiger partial charge in [0.1, 0.15) is 0 Å². The predicted molar refractivity (Wildman–Crippen MR) is 83.8 cm³/mol. The highest BCUT2D eigenvalue weighted by Crippen LogP contribution is 2.16. The van der Waals surface area contributed by atoms with Crippen molar-refractivity contribution in [2.75, 3.05) is 6.54 Å². The first-order valence-corrected chi connectivity index (χ1v) is 7.18. The molecular formula is C16H19ClN2O. The molecule has 106 valence electrons. The van der Waals surface area contributed by atoms with Crippen LogP contribution in [0.15, 0.2) is 41.3 Å². The largest absolute Gasteiger partial charge is 0.321 e. The molecule has 4 heteroatoms. The van der Waals surface area contributed by atoms with E-state index in [1.807, 2.05) is 42.0 Å². The van der Waals surface area contributed by atoms with E-state index < -0.39 is 0 Å². The predicted octanol–water partition coefficient (Wildman–Crippen LogP) is 3.30. The summed E-state index contributed by atoms with van der Waals surface area (Å²) in [5.41, 5.74) is 2.71. The van der Waals surface area contributed by atoms with Gasteiger partial charge in [0, 0.05) is 40.8 Å². The van der Waals surface area contributed by atoms with Crippen molar-refractivity contribution < 1.29 is 0 Å². The Labute approximate surface area is 124 Å². The first kappa shape index (κ1) is 14.8. The Kier molecular flexibility index (Phi) is 4.99. The lowest BCUT2D eigenvalue weighted by Gasteiger charge is -2.13. The molecule has 0 spiro atoms. The molecule has 2 aromatic rings. The lowest BCUT2D eigenvalue weighted by molar-refractivity contribution is 0.668. The van der Waals surface area contributed by atoms with Gasteiger partial charge in [-0.15, -0.1) is 0 Å². The van der Waals surface area contributed by atoms with Crippen molar-refractivity contribution in [3.8, 4) is 5.69 Å². The van der Waals surface area contributed by atoms with E-state index in [9.17, 15) is 4.79 Å². The van der Waals surface area contributed by atoms with Gasteiger partial charge in [-0.05, 0) is 38.1 Å². The van der Waals surface area contributed by atoms with Gasteiger partial charge in [-0.1, -0.05) is 24.6 Å². The third-order valence-corrected chi connectivity index (χ3v) is 3.39. The highest BCUT2D eigenvalue weighted by molar-refractivity contribution is 6.30. The fourth-order valence-electron chi connectivity index (χ4n) is 2.11. The van der Waals surface area contributed by atoms with Crippen molar-refractivity contribution in [1.82, 2.24) is 9.88 Å². The van der Waals surface area contributed by atoms with Crippen LogP contribution in [0, 0.1) is 6.92 Å². The van der Waals surface area contributed by atoms with E-state index in [2.05, 4.69) is 12.2 Å². The lowest BCUT2D eigenvalue weighted by atomic mass is 10.2. The van der Waals surface area contributed by atoms with Crippen molar-refractivity contribution in [3.05, 3.63) is 63.0 Å². The molecule has 0 aliphatic rings. The second-order valence-electron chi connectivity index (χ2n) is 4.83. The number of pyridine rings is 1. The van der Waals surface area contributed by atoms with Crippen molar-refractivity contribution in [2.24, 2.45) is 0 Å². The zero-order chi connectivity index (χ0) is 14.5. The first-order valence-electron chi connectivity index (χ1n) is 6.80. The average molecular weight is 291 g/mol. The second kappa shape index (κ2) is 6.73. The third-order valence-electron chi connectivity index (χ3n) is 3.15. The molecule has 1 heterocycles. The maximum atomic E-state index is 12.0. The normalized spacial score (nSPS) is 10.8. The quantitative estimate of drug-likeness (QED) is 0.857. The number of hydrogen-bond acceptors (Lipinski definition) is 2. The van der Waals surface area contributed by atoms with Crippen LogP contribution in [0.5, 0.6) is 0 Å². The summed E-state index contributed by atoms with van der Waals surface area (Å²) < 4.78 is 2.00. The van der Waals surface area contributed by atoms with E-state index in [4.69, 9.17) is 11.6 Å². The zero-order valence-corrected chi connectivity index (χ0v) is 12.6. The first-order chi connectivity index (χ1) is 9.61. The summed E-state index contributed by atoms with van der Waals surface area (Å²) in [7, 11) is 0. The molecule has 0 amide bonds. The molecule has 0 saturated carbocycles. The Hall–Kier alpha value is -1.58. The Morgan fingerprint density at radius 1 is 1.30 bits per heavy atom. The Balaban J connectivity index is 2.38. The van der Waals surface area contributed by atoms with Gasteiger partial charge in [0.15, 0.2) is 5.43 Å². The van der Waals surface area contributed by atoms with Crippen LogP contribution in [0.2, 0.25) is 5.02 Å². The maximum absolute atomic E-state index is 12.0. The summed E-state index contributed by atoms with van der Waals surface area (Å²) in [6, 6.07) is 9.29. The minimum Gasteiger partial charge on any atom is -0.321 e. The molecule has 0 aliphatic carbocycles. The molecule has 20 heavy (non-hydrogen) atoms. The molecule has 0 unspecified atom stereocenters. The minimum absolute atomic E-state index is 0.0735. The minimum atomic E-state index is 0.0735. The number of benzene rings is 1. The van der Waals surface area contributed by atoms with Gasteiger partial charge in [-0.2, -0.15) is 0 Å². The van der Waals surface area contributed by atoms with Gasteiger partial charge >= 0.3 is 0 Å². The fraction of sp³-hybridized carbons (Fsp3) is 0.312. The smallest absolute Gasteiger partial charge is 0.186 e. The van der Waals surface area contributed by atoms with Gasteiger partial charge in [0.2, 0.25) is 0 Å². The molecule has 0 saturated heterocycles. The second-order valence-corrected chi connectivity index (χ2v) is 5.27. The highest BCUT2D eigenvalue weighted by atomic mass is 35.5. The van der Waals surface area contributed by atoms with Crippen LogP contribution in [0.25, 0.3) is 5.69 Å². The summed E-state index contributed by atoms with van der Waals surface area (Å²) >= 11 is 6.03. The number of rotatable bonds is 5. The number of hydrogen-bond donors (Lipinski definition) is 1. The van der Waals surface area contributed by atoms with Gasteiger partial charge in [0.05, 0.1) is 0 Å². The fourth-order valence-corrected chi connectivity index (χ4v) is 2.29. The SMILES string of the molecule is CCCNCc1cn(-c2cccc(Cl)c2)c(C)cc1=O. The van der Waals surface area contributed by atoms with Crippen LogP contribution in [0.4, 0.5) is 0 Å². The van der Waals surface area contributed by atoms with Crippen LogP contribution in [0.3, 0.4) is 0 Å². The number of nitrogens with zero attached hydrogens (tertiary/aromatic N) is 1. The van der Waals surface area contributed by atoms with E-state index >= 15 is 0 Å². The molecular weight excluding hydrogens is 272 g/mol. The third kappa shape index (κ3) is 3.50. The summed E-state index contributed by atoms with van der Waals surface area (Å²) in [6.45, 7) is 5.52. The lowest BCUT2D eigenvalue weighted by Crippen LogP contribution is -2.22. The molecule has 0 aliphatic heterocycles. The average Bonchev–Trinajstić information content (AvgIpc) is 2.41. The van der Waals surface area contributed by atoms with Crippen molar-refractivity contribution in [3.63, 3.8) is 0 Å². The number of aryl methyl sites for hydroxylation is 1. The standard InChI is InChI=1S/C16H19ClN2O/c1-3-7-18-10-13-11-19(12(2)8-16(13)20)15-6-4-5-14(17)9-15/h4-6,8-9,11,18H,3,7,10H2,1-2H3. The van der Waals surface area contributed by atoms with Crippen LogP contribution < -0.4 is 10.7 Å². The number of aromatic nitrogens is 1. The van der Waals surface area contributed by atoms with Crippen molar-refractivity contribution in [2.45, 2.75) is 26.8 Å². The van der Waals surface area contributed by atoms with E-state index in [0.29, 0.717) is 11.6 Å². The summed E-state index contributed by atoms with van der Waals surface area (Å²) in [6.07, 6.45) is 2.94. The van der Waals surface area contributed by atoms with E-state index in [1.54, 1.807) is 6.07 Å². The summed E-state index contributed by atoms with van der Waals surface area (Å²) in [5.74, 6) is 0. The van der Waals surface area contributed by atoms with E-state index in [1.165, 1.54) is 0 Å². The van der Waals surface area contributed by atoms with Gasteiger partial charge in [0.25, 0.3) is 0 Å². The van der Waals surface area contributed by atoms with Crippen LogP contribution in [-0.2, 0) is 6.54 Å². The molecule has 1 aromatic heterocycles. The summed E-state index contributed by atoms with van der Waals surface area (Å²) in [5, 5.41) is 3.95. The molecule has 0 bridgehead atoms. The monoisotopic (exact) mass is 290 g/mol. The van der Waals surface area contributed by atoms with Gasteiger partial charge < -0.3 is 9.88 Å². The maximum Gasteiger partial charge on any atom is 0.186 e. The molecule has 2 rings (SSSR count). The molecule has 1 aromatic carbocycles. The molecule has 0 atom stereocenters. The topological polar surface area (TPSA) is 34.0 Å². The Bertz CT molecular complexity index is 649. The molecule has 0 radical (unpaired) electrons. The molecule has 0 fully saturated rings. The van der Waals surface area contributed by atoms with Gasteiger partial charge in [-0.25, -0.2) is 0 Å². The van der Waals surface area contributed by atoms with E-state index in [-0.39, 0.29) is 5.43 Å². The Morgan fingerprint density at radius 3 is 2.80 bits per heavy atom. The Morgan fingerprint density at radius 2 is 2.10 bits per heavy atom. The van der Waals surface area contributed by atoms with Gasteiger partial charge in [-0.3, -0.25) is 4.79 Å². The van der Waals surface area contributed by atoms with E-state index in [0.717, 1.165) is 29.9 Å². The molecule has 3 nitrogen and oxygen atoms in total. The highest BCUT2D eigenvalue weighted by Gasteiger charge is 2.05. The zero-order valence-electron chi connectivity index (χ0n) is 11.8.